The summed E-state index contributed by atoms with van der Waals surface area (Å²) in [4.78, 5) is 0. The van der Waals surface area contributed by atoms with E-state index in [0.29, 0.717) is 6.54 Å². The highest BCUT2D eigenvalue weighted by atomic mass is 79.9. The third kappa shape index (κ3) is 3.39. The molecule has 1 unspecified atom stereocenters. The van der Waals surface area contributed by atoms with E-state index in [1.807, 2.05) is 31.2 Å². The Morgan fingerprint density at radius 2 is 2.36 bits per heavy atom. The second-order valence-electron chi connectivity index (χ2n) is 3.13. The lowest BCUT2D eigenvalue weighted by Crippen LogP contribution is -2.11. The number of hydrogen-bond donors (Lipinski definition) is 1. The minimum absolute atomic E-state index is 0.0916. The zero-order valence-electron chi connectivity index (χ0n) is 8.13. The van der Waals surface area contributed by atoms with Gasteiger partial charge in [0.1, 0.15) is 0 Å². The van der Waals surface area contributed by atoms with Crippen LogP contribution in [0.3, 0.4) is 0 Å². The lowest BCUT2D eigenvalue weighted by Gasteiger charge is -2.09. The number of nitrogens with zero attached hydrogens (tertiary/aromatic N) is 1. The number of hydrogen-bond acceptors (Lipinski definition) is 2. The molecule has 1 aromatic rings. The normalized spacial score (nSPS) is 11.8. The van der Waals surface area contributed by atoms with E-state index in [0.717, 1.165) is 16.6 Å². The summed E-state index contributed by atoms with van der Waals surface area (Å²) in [5, 5.41) is 12.0. The van der Waals surface area contributed by atoms with Crippen molar-refractivity contribution in [3.63, 3.8) is 0 Å². The molecule has 0 aliphatic rings. The molecule has 1 atom stereocenters. The van der Waals surface area contributed by atoms with Gasteiger partial charge >= 0.3 is 0 Å². The number of halogens is 1. The Hall–Kier alpha value is -1.01. The Balaban J connectivity index is 2.50. The van der Waals surface area contributed by atoms with Crippen molar-refractivity contribution in [1.29, 1.82) is 5.26 Å². The van der Waals surface area contributed by atoms with Gasteiger partial charge in [-0.15, -0.1) is 0 Å². The Kier molecular flexibility index (Phi) is 4.48. The summed E-state index contributed by atoms with van der Waals surface area (Å²) >= 11 is 3.40. The van der Waals surface area contributed by atoms with Crippen LogP contribution >= 0.6 is 15.9 Å². The highest BCUT2D eigenvalue weighted by Crippen LogP contribution is 2.16. The first-order chi connectivity index (χ1) is 6.76. The minimum Gasteiger partial charge on any atom is -0.384 e. The van der Waals surface area contributed by atoms with Gasteiger partial charge in [0.2, 0.25) is 0 Å². The van der Waals surface area contributed by atoms with Crippen molar-refractivity contribution >= 4 is 21.6 Å². The van der Waals surface area contributed by atoms with Crippen LogP contribution in [-0.4, -0.2) is 6.54 Å². The highest BCUT2D eigenvalue weighted by Gasteiger charge is 2.03. The van der Waals surface area contributed by atoms with Crippen LogP contribution in [0.15, 0.2) is 28.7 Å². The van der Waals surface area contributed by atoms with Gasteiger partial charge in [-0.05, 0) is 24.6 Å². The summed E-state index contributed by atoms with van der Waals surface area (Å²) < 4.78 is 1.05. The summed E-state index contributed by atoms with van der Waals surface area (Å²) in [6, 6.07) is 10.2. The topological polar surface area (TPSA) is 35.8 Å². The lowest BCUT2D eigenvalue weighted by atomic mass is 10.1. The van der Waals surface area contributed by atoms with Gasteiger partial charge in [0.15, 0.2) is 0 Å². The summed E-state index contributed by atoms with van der Waals surface area (Å²) in [5.41, 5.74) is 1.05. The van der Waals surface area contributed by atoms with Crippen molar-refractivity contribution in [2.24, 2.45) is 5.92 Å². The quantitative estimate of drug-likeness (QED) is 0.892. The molecule has 0 saturated heterocycles. The number of anilines is 1. The molecule has 2 nitrogen and oxygen atoms in total. The lowest BCUT2D eigenvalue weighted by molar-refractivity contribution is 0.674. The molecule has 74 valence electrons. The van der Waals surface area contributed by atoms with Gasteiger partial charge in [-0.3, -0.25) is 0 Å². The Morgan fingerprint density at radius 1 is 1.57 bits per heavy atom. The van der Waals surface area contributed by atoms with Gasteiger partial charge in [-0.25, -0.2) is 0 Å². The molecule has 0 aliphatic carbocycles. The predicted molar refractivity (Wildman–Crippen MR) is 62.0 cm³/mol. The molecule has 1 N–H and O–H groups in total. The second kappa shape index (κ2) is 5.66. The van der Waals surface area contributed by atoms with Crippen molar-refractivity contribution in [2.45, 2.75) is 13.3 Å². The Labute approximate surface area is 93.1 Å². The molecule has 3 heteroatoms. The van der Waals surface area contributed by atoms with Gasteiger partial charge in [-0.1, -0.05) is 28.9 Å². The van der Waals surface area contributed by atoms with Gasteiger partial charge in [-0.2, -0.15) is 5.26 Å². The van der Waals surface area contributed by atoms with Crippen molar-refractivity contribution in [1.82, 2.24) is 0 Å². The van der Waals surface area contributed by atoms with Crippen molar-refractivity contribution in [2.75, 3.05) is 11.9 Å². The Bertz CT molecular complexity index is 330. The van der Waals surface area contributed by atoms with E-state index in [2.05, 4.69) is 27.3 Å². The molecular formula is C11H13BrN2. The summed E-state index contributed by atoms with van der Waals surface area (Å²) in [5.74, 6) is 0.0916. The van der Waals surface area contributed by atoms with Crippen LogP contribution in [0, 0.1) is 17.2 Å². The zero-order valence-corrected chi connectivity index (χ0v) is 9.71. The van der Waals surface area contributed by atoms with Crippen LogP contribution in [0.1, 0.15) is 13.3 Å². The van der Waals surface area contributed by atoms with E-state index in [1.165, 1.54) is 0 Å². The van der Waals surface area contributed by atoms with Crippen LogP contribution in [0.4, 0.5) is 5.69 Å². The van der Waals surface area contributed by atoms with Crippen molar-refractivity contribution < 1.29 is 0 Å². The molecule has 0 radical (unpaired) electrons. The monoisotopic (exact) mass is 252 g/mol. The largest absolute Gasteiger partial charge is 0.384 e. The fraction of sp³-hybridized carbons (Fsp3) is 0.364. The zero-order chi connectivity index (χ0) is 10.4. The molecule has 0 amide bonds. The van der Waals surface area contributed by atoms with Crippen LogP contribution in [-0.2, 0) is 0 Å². The number of benzene rings is 1. The predicted octanol–water partition coefficient (Wildman–Crippen LogP) is 3.41. The molecule has 0 heterocycles. The number of rotatable bonds is 4. The minimum atomic E-state index is 0.0916. The second-order valence-corrected chi connectivity index (χ2v) is 4.04. The third-order valence-electron chi connectivity index (χ3n) is 2.05. The fourth-order valence-corrected chi connectivity index (χ4v) is 1.52. The molecule has 0 bridgehead atoms. The van der Waals surface area contributed by atoms with Gasteiger partial charge in [0, 0.05) is 16.7 Å². The first-order valence-corrected chi connectivity index (χ1v) is 5.44. The summed E-state index contributed by atoms with van der Waals surface area (Å²) in [6.07, 6.45) is 0.886. The molecule has 14 heavy (non-hydrogen) atoms. The fourth-order valence-electron chi connectivity index (χ4n) is 1.12. The maximum absolute atomic E-state index is 8.76. The first kappa shape index (κ1) is 11.1. The molecule has 0 saturated carbocycles. The Morgan fingerprint density at radius 3 is 2.93 bits per heavy atom. The van der Waals surface area contributed by atoms with E-state index in [-0.39, 0.29) is 5.92 Å². The highest BCUT2D eigenvalue weighted by molar-refractivity contribution is 9.10. The number of nitrogens with one attached hydrogen (secondary N) is 1. The maximum atomic E-state index is 8.76. The van der Waals surface area contributed by atoms with Gasteiger partial charge in [0.25, 0.3) is 0 Å². The molecule has 1 rings (SSSR count). The smallest absolute Gasteiger partial charge is 0.0674 e. The van der Waals surface area contributed by atoms with E-state index in [4.69, 9.17) is 5.26 Å². The molecule has 0 spiro atoms. The number of nitriles is 1. The molecule has 0 fully saturated rings. The average molecular weight is 253 g/mol. The van der Waals surface area contributed by atoms with E-state index < -0.39 is 0 Å². The van der Waals surface area contributed by atoms with Crippen LogP contribution < -0.4 is 5.32 Å². The molecule has 0 aliphatic heterocycles. The summed E-state index contributed by atoms with van der Waals surface area (Å²) in [7, 11) is 0. The van der Waals surface area contributed by atoms with Crippen molar-refractivity contribution in [3.8, 4) is 6.07 Å². The third-order valence-corrected chi connectivity index (χ3v) is 2.55. The van der Waals surface area contributed by atoms with Crippen molar-refractivity contribution in [3.05, 3.63) is 28.7 Å². The summed E-state index contributed by atoms with van der Waals surface area (Å²) in [6.45, 7) is 2.74. The van der Waals surface area contributed by atoms with Crippen LogP contribution in [0.5, 0.6) is 0 Å². The SMILES string of the molecule is CCC(C#N)CNc1cccc(Br)c1. The van der Waals surface area contributed by atoms with Crippen LogP contribution in [0.25, 0.3) is 0 Å². The molecule has 0 aromatic heterocycles. The first-order valence-electron chi connectivity index (χ1n) is 4.65. The van der Waals surface area contributed by atoms with E-state index >= 15 is 0 Å². The van der Waals surface area contributed by atoms with E-state index in [1.54, 1.807) is 0 Å². The van der Waals surface area contributed by atoms with E-state index in [9.17, 15) is 0 Å². The average Bonchev–Trinajstić information content (AvgIpc) is 2.19. The van der Waals surface area contributed by atoms with Gasteiger partial charge < -0.3 is 5.32 Å². The maximum Gasteiger partial charge on any atom is 0.0674 e. The molecular weight excluding hydrogens is 240 g/mol. The van der Waals surface area contributed by atoms with Gasteiger partial charge in [0.05, 0.1) is 12.0 Å². The standard InChI is InChI=1S/C11H13BrN2/c1-2-9(7-13)8-14-11-5-3-4-10(12)6-11/h3-6,9,14H,2,8H2,1H3. The van der Waals surface area contributed by atoms with Crippen LogP contribution in [0.2, 0.25) is 0 Å². The molecule has 1 aromatic carbocycles.